The molecule has 0 aliphatic heterocycles. The number of aliphatic carboxylic acids is 1. The van der Waals surface area contributed by atoms with E-state index in [0.717, 1.165) is 0 Å². The summed E-state index contributed by atoms with van der Waals surface area (Å²) in [7, 11) is 0. The minimum Gasteiger partial charge on any atom is -0.481 e. The Morgan fingerprint density at radius 3 is 2.81 bits per heavy atom. The first-order valence-corrected chi connectivity index (χ1v) is 5.06. The predicted molar refractivity (Wildman–Crippen MR) is 54.9 cm³/mol. The van der Waals surface area contributed by atoms with Gasteiger partial charge in [-0.2, -0.15) is 0 Å². The maximum absolute atomic E-state index is 13.1. The Bertz CT molecular complexity index is 467. The number of carbonyl (C=O) groups excluding carboxylic acids is 1. The number of ketones is 1. The molecular formula is C12H11FO3. The highest BCUT2D eigenvalue weighted by Crippen LogP contribution is 2.40. The van der Waals surface area contributed by atoms with E-state index < -0.39 is 17.7 Å². The van der Waals surface area contributed by atoms with Gasteiger partial charge in [-0.1, -0.05) is 6.92 Å². The van der Waals surface area contributed by atoms with E-state index in [4.69, 9.17) is 5.11 Å². The minimum absolute atomic E-state index is 0.0961. The smallest absolute Gasteiger partial charge is 0.303 e. The molecule has 2 rings (SSSR count). The standard InChI is InChI=1S/C12H11FO3/c1-6-9(5-11(14)15)10-4-7(13)2-3-8(10)12(6)16/h2-4,6,9H,5H2,1H3,(H,14,15)/t6-,9+/m1/s1. The first kappa shape index (κ1) is 10.8. The van der Waals surface area contributed by atoms with E-state index >= 15 is 0 Å². The average molecular weight is 222 g/mol. The van der Waals surface area contributed by atoms with E-state index in [1.54, 1.807) is 6.92 Å². The van der Waals surface area contributed by atoms with Crippen molar-refractivity contribution in [3.63, 3.8) is 0 Å². The lowest BCUT2D eigenvalue weighted by Gasteiger charge is -2.12. The topological polar surface area (TPSA) is 54.4 Å². The van der Waals surface area contributed by atoms with Crippen LogP contribution in [0.5, 0.6) is 0 Å². The summed E-state index contributed by atoms with van der Waals surface area (Å²) in [6, 6.07) is 3.93. The van der Waals surface area contributed by atoms with Crippen molar-refractivity contribution in [1.29, 1.82) is 0 Å². The number of rotatable bonds is 2. The third-order valence-corrected chi connectivity index (χ3v) is 3.09. The van der Waals surface area contributed by atoms with E-state index in [-0.39, 0.29) is 18.1 Å². The number of Topliss-reactive ketones (excluding diaryl/α,β-unsaturated/α-hetero) is 1. The number of hydrogen-bond acceptors (Lipinski definition) is 2. The maximum Gasteiger partial charge on any atom is 0.303 e. The number of hydrogen-bond donors (Lipinski definition) is 1. The van der Waals surface area contributed by atoms with Gasteiger partial charge in [-0.3, -0.25) is 9.59 Å². The van der Waals surface area contributed by atoms with Gasteiger partial charge in [0.1, 0.15) is 5.82 Å². The summed E-state index contributed by atoms with van der Waals surface area (Å²) in [6.07, 6.45) is -0.136. The summed E-state index contributed by atoms with van der Waals surface area (Å²) >= 11 is 0. The Hall–Kier alpha value is -1.71. The lowest BCUT2D eigenvalue weighted by atomic mass is 9.91. The van der Waals surface area contributed by atoms with E-state index in [9.17, 15) is 14.0 Å². The molecule has 0 fully saturated rings. The van der Waals surface area contributed by atoms with Crippen molar-refractivity contribution in [2.24, 2.45) is 5.92 Å². The number of benzene rings is 1. The molecule has 2 atom stereocenters. The lowest BCUT2D eigenvalue weighted by Crippen LogP contribution is -2.13. The zero-order valence-corrected chi connectivity index (χ0v) is 8.74. The molecule has 1 N–H and O–H groups in total. The van der Waals surface area contributed by atoms with E-state index in [1.807, 2.05) is 0 Å². The van der Waals surface area contributed by atoms with Crippen LogP contribution in [0, 0.1) is 11.7 Å². The Labute approximate surface area is 91.9 Å². The highest BCUT2D eigenvalue weighted by molar-refractivity contribution is 6.03. The zero-order valence-electron chi connectivity index (χ0n) is 8.74. The number of halogens is 1. The number of carbonyl (C=O) groups is 2. The van der Waals surface area contributed by atoms with Crippen LogP contribution in [0.4, 0.5) is 4.39 Å². The van der Waals surface area contributed by atoms with Crippen molar-refractivity contribution < 1.29 is 19.1 Å². The van der Waals surface area contributed by atoms with E-state index in [1.165, 1.54) is 18.2 Å². The van der Waals surface area contributed by atoms with Crippen molar-refractivity contribution in [2.45, 2.75) is 19.3 Å². The zero-order chi connectivity index (χ0) is 11.9. The molecule has 4 heteroatoms. The SMILES string of the molecule is C[C@H]1C(=O)c2ccc(F)cc2[C@H]1CC(=O)O. The Morgan fingerprint density at radius 1 is 1.50 bits per heavy atom. The summed E-state index contributed by atoms with van der Waals surface area (Å²) in [6.45, 7) is 1.69. The normalized spacial score (nSPS) is 23.2. The van der Waals surface area contributed by atoms with Gasteiger partial charge in [0.05, 0.1) is 6.42 Å². The molecule has 16 heavy (non-hydrogen) atoms. The highest BCUT2D eigenvalue weighted by Gasteiger charge is 2.37. The van der Waals surface area contributed by atoms with Crippen LogP contribution in [0.2, 0.25) is 0 Å². The van der Waals surface area contributed by atoms with Crippen LogP contribution in [-0.2, 0) is 4.79 Å². The fourth-order valence-electron chi connectivity index (χ4n) is 2.24. The van der Waals surface area contributed by atoms with Crippen LogP contribution < -0.4 is 0 Å². The Balaban J connectivity index is 2.46. The van der Waals surface area contributed by atoms with Crippen LogP contribution in [-0.4, -0.2) is 16.9 Å². The molecule has 0 saturated heterocycles. The van der Waals surface area contributed by atoms with Crippen molar-refractivity contribution in [1.82, 2.24) is 0 Å². The fourth-order valence-corrected chi connectivity index (χ4v) is 2.24. The van der Waals surface area contributed by atoms with E-state index in [2.05, 4.69) is 0 Å². The molecule has 1 aromatic rings. The molecule has 1 aliphatic rings. The molecule has 0 aromatic heterocycles. The van der Waals surface area contributed by atoms with Crippen LogP contribution >= 0.6 is 0 Å². The molecular weight excluding hydrogens is 211 g/mol. The fraction of sp³-hybridized carbons (Fsp3) is 0.333. The summed E-state index contributed by atoms with van der Waals surface area (Å²) in [4.78, 5) is 22.5. The van der Waals surface area contributed by atoms with Gasteiger partial charge in [-0.15, -0.1) is 0 Å². The number of fused-ring (bicyclic) bond motifs is 1. The summed E-state index contributed by atoms with van der Waals surface area (Å²) < 4.78 is 13.1. The van der Waals surface area contributed by atoms with Gasteiger partial charge in [-0.05, 0) is 23.8 Å². The quantitative estimate of drug-likeness (QED) is 0.834. The number of carboxylic acid groups (broad SMARTS) is 1. The third-order valence-electron chi connectivity index (χ3n) is 3.09. The summed E-state index contributed by atoms with van der Waals surface area (Å²) in [5, 5.41) is 8.77. The molecule has 0 amide bonds. The molecule has 1 aromatic carbocycles. The summed E-state index contributed by atoms with van der Waals surface area (Å²) in [5.74, 6) is -2.29. The molecule has 1 aliphatic carbocycles. The van der Waals surface area contributed by atoms with Crippen molar-refractivity contribution in [2.75, 3.05) is 0 Å². The van der Waals surface area contributed by atoms with Crippen LogP contribution in [0.1, 0.15) is 35.2 Å². The molecule has 3 nitrogen and oxygen atoms in total. The van der Waals surface area contributed by atoms with Crippen molar-refractivity contribution in [3.05, 3.63) is 35.1 Å². The third kappa shape index (κ3) is 1.60. The number of carboxylic acids is 1. The first-order valence-electron chi connectivity index (χ1n) is 5.06. The van der Waals surface area contributed by atoms with Gasteiger partial charge in [0, 0.05) is 17.4 Å². The van der Waals surface area contributed by atoms with Gasteiger partial charge in [-0.25, -0.2) is 4.39 Å². The second-order valence-corrected chi connectivity index (χ2v) is 4.09. The van der Waals surface area contributed by atoms with Crippen LogP contribution in [0.25, 0.3) is 0 Å². The highest BCUT2D eigenvalue weighted by atomic mass is 19.1. The van der Waals surface area contributed by atoms with Crippen LogP contribution in [0.3, 0.4) is 0 Å². The maximum atomic E-state index is 13.1. The second-order valence-electron chi connectivity index (χ2n) is 4.09. The van der Waals surface area contributed by atoms with Gasteiger partial charge in [0.25, 0.3) is 0 Å². The van der Waals surface area contributed by atoms with Crippen molar-refractivity contribution >= 4 is 11.8 Å². The van der Waals surface area contributed by atoms with Gasteiger partial charge >= 0.3 is 5.97 Å². The molecule has 0 spiro atoms. The molecule has 0 unspecified atom stereocenters. The molecule has 0 radical (unpaired) electrons. The van der Waals surface area contributed by atoms with Gasteiger partial charge < -0.3 is 5.11 Å². The summed E-state index contributed by atoms with van der Waals surface area (Å²) in [5.41, 5.74) is 0.986. The Morgan fingerprint density at radius 2 is 2.19 bits per heavy atom. The predicted octanol–water partition coefficient (Wildman–Crippen LogP) is 2.22. The van der Waals surface area contributed by atoms with Gasteiger partial charge in [0.2, 0.25) is 0 Å². The largest absolute Gasteiger partial charge is 0.481 e. The lowest BCUT2D eigenvalue weighted by molar-refractivity contribution is -0.137. The first-order chi connectivity index (χ1) is 7.50. The molecule has 0 heterocycles. The van der Waals surface area contributed by atoms with Crippen LogP contribution in [0.15, 0.2) is 18.2 Å². The molecule has 0 bridgehead atoms. The second kappa shape index (κ2) is 3.70. The monoisotopic (exact) mass is 222 g/mol. The Kier molecular flexibility index (Phi) is 2.50. The minimum atomic E-state index is -0.971. The average Bonchev–Trinajstić information content (AvgIpc) is 2.43. The van der Waals surface area contributed by atoms with Gasteiger partial charge in [0.15, 0.2) is 5.78 Å². The molecule has 0 saturated carbocycles. The molecule has 84 valence electrons. The van der Waals surface area contributed by atoms with Crippen molar-refractivity contribution in [3.8, 4) is 0 Å². The van der Waals surface area contributed by atoms with E-state index in [0.29, 0.717) is 11.1 Å².